The molecule has 1 aromatic rings. The van der Waals surface area contributed by atoms with Gasteiger partial charge >= 0.3 is 0 Å². The highest BCUT2D eigenvalue weighted by molar-refractivity contribution is 5.08. The maximum absolute atomic E-state index is 12.7. The highest BCUT2D eigenvalue weighted by Crippen LogP contribution is 2.21. The Bertz CT molecular complexity index is 397. The maximum atomic E-state index is 12.7. The molecule has 3 atom stereocenters. The first-order valence-electron chi connectivity index (χ1n) is 6.76. The molecule has 0 radical (unpaired) electrons. The average Bonchev–Trinajstić information content (AvgIpc) is 2.86. The number of aromatic nitrogens is 1. The fourth-order valence-electron chi connectivity index (χ4n) is 2.50. The molecule has 0 bridgehead atoms. The van der Waals surface area contributed by atoms with Crippen LogP contribution in [0.2, 0.25) is 0 Å². The second kappa shape index (κ2) is 6.41. The lowest BCUT2D eigenvalue weighted by molar-refractivity contribution is 0.120. The number of aliphatic hydroxyl groups is 2. The van der Waals surface area contributed by atoms with Crippen molar-refractivity contribution in [2.45, 2.75) is 32.0 Å². The summed E-state index contributed by atoms with van der Waals surface area (Å²) in [6.45, 7) is 4.43. The van der Waals surface area contributed by atoms with E-state index in [4.69, 9.17) is 0 Å². The molecule has 1 fully saturated rings. The van der Waals surface area contributed by atoms with Crippen molar-refractivity contribution in [1.29, 1.82) is 0 Å². The first-order valence-corrected chi connectivity index (χ1v) is 6.76. The first-order chi connectivity index (χ1) is 9.06. The van der Waals surface area contributed by atoms with Crippen molar-refractivity contribution in [3.63, 3.8) is 0 Å². The van der Waals surface area contributed by atoms with Crippen LogP contribution in [0.1, 0.15) is 31.6 Å². The van der Waals surface area contributed by atoms with E-state index in [9.17, 15) is 14.6 Å². The summed E-state index contributed by atoms with van der Waals surface area (Å²) in [7, 11) is 0. The van der Waals surface area contributed by atoms with Crippen molar-refractivity contribution in [2.75, 3.05) is 19.6 Å². The monoisotopic (exact) mass is 268 g/mol. The molecule has 106 valence electrons. The molecule has 4 nitrogen and oxygen atoms in total. The molecular formula is C14H21FN2O2. The summed E-state index contributed by atoms with van der Waals surface area (Å²) < 4.78 is 12.7. The van der Waals surface area contributed by atoms with E-state index in [2.05, 4.69) is 9.88 Å². The normalized spacial score (nSPS) is 23.5. The largest absolute Gasteiger partial charge is 0.393 e. The number of hydrogen-bond donors (Lipinski definition) is 2. The summed E-state index contributed by atoms with van der Waals surface area (Å²) in [5, 5.41) is 19.5. The van der Waals surface area contributed by atoms with Gasteiger partial charge < -0.3 is 15.1 Å². The van der Waals surface area contributed by atoms with E-state index in [0.717, 1.165) is 32.3 Å². The van der Waals surface area contributed by atoms with Crippen LogP contribution in [-0.2, 0) is 0 Å². The van der Waals surface area contributed by atoms with E-state index in [1.807, 2.05) is 6.92 Å². The average molecular weight is 268 g/mol. The summed E-state index contributed by atoms with van der Waals surface area (Å²) in [6, 6.07) is 2.83. The zero-order valence-electron chi connectivity index (χ0n) is 11.2. The van der Waals surface area contributed by atoms with Gasteiger partial charge in [0.25, 0.3) is 0 Å². The third-order valence-electron chi connectivity index (χ3n) is 3.80. The molecule has 0 aliphatic carbocycles. The third-order valence-corrected chi connectivity index (χ3v) is 3.80. The number of pyridine rings is 1. The Labute approximate surface area is 112 Å². The lowest BCUT2D eigenvalue weighted by atomic mass is 10.0. The molecule has 0 spiro atoms. The Morgan fingerprint density at radius 3 is 2.84 bits per heavy atom. The zero-order chi connectivity index (χ0) is 13.8. The fraction of sp³-hybridized carbons (Fsp3) is 0.643. The number of rotatable bonds is 5. The van der Waals surface area contributed by atoms with Crippen LogP contribution in [0, 0.1) is 11.7 Å². The molecule has 0 saturated carbocycles. The van der Waals surface area contributed by atoms with Gasteiger partial charge in [0.2, 0.25) is 0 Å². The van der Waals surface area contributed by atoms with E-state index in [1.54, 1.807) is 0 Å². The Kier molecular flexibility index (Phi) is 4.85. The number of aliphatic hydroxyl groups excluding tert-OH is 2. The highest BCUT2D eigenvalue weighted by Gasteiger charge is 2.26. The van der Waals surface area contributed by atoms with Gasteiger partial charge in [0.05, 0.1) is 24.1 Å². The van der Waals surface area contributed by atoms with Crippen molar-refractivity contribution >= 4 is 0 Å². The van der Waals surface area contributed by atoms with Crippen LogP contribution in [0.3, 0.4) is 0 Å². The van der Waals surface area contributed by atoms with E-state index in [-0.39, 0.29) is 6.10 Å². The Morgan fingerprint density at radius 2 is 2.26 bits per heavy atom. The van der Waals surface area contributed by atoms with E-state index in [1.165, 1.54) is 12.1 Å². The Hall–Kier alpha value is -1.04. The van der Waals surface area contributed by atoms with E-state index < -0.39 is 11.9 Å². The van der Waals surface area contributed by atoms with Gasteiger partial charge in [-0.2, -0.15) is 0 Å². The number of halogens is 1. The smallest absolute Gasteiger partial charge is 0.141 e. The van der Waals surface area contributed by atoms with Gasteiger partial charge in [-0.25, -0.2) is 4.39 Å². The van der Waals surface area contributed by atoms with Gasteiger partial charge in [0.1, 0.15) is 5.82 Å². The first kappa shape index (κ1) is 14.4. The zero-order valence-corrected chi connectivity index (χ0v) is 11.2. The van der Waals surface area contributed by atoms with Crippen LogP contribution in [0.15, 0.2) is 18.3 Å². The lowest BCUT2D eigenvalue weighted by Gasteiger charge is -2.19. The second-order valence-electron chi connectivity index (χ2n) is 5.30. The van der Waals surface area contributed by atoms with Crippen LogP contribution in [0.5, 0.6) is 0 Å². The molecule has 1 aromatic heterocycles. The van der Waals surface area contributed by atoms with Crippen molar-refractivity contribution < 1.29 is 14.6 Å². The SMILES string of the molecule is CC(O)C1CCN(CCC(O)c2ccc(F)cn2)C1. The van der Waals surface area contributed by atoms with Gasteiger partial charge in [-0.3, -0.25) is 4.98 Å². The van der Waals surface area contributed by atoms with Crippen LogP contribution in [0.25, 0.3) is 0 Å². The fourth-order valence-corrected chi connectivity index (χ4v) is 2.50. The minimum Gasteiger partial charge on any atom is -0.393 e. The van der Waals surface area contributed by atoms with E-state index >= 15 is 0 Å². The minimum absolute atomic E-state index is 0.270. The van der Waals surface area contributed by atoms with Crippen molar-refractivity contribution in [3.8, 4) is 0 Å². The molecule has 0 aromatic carbocycles. The van der Waals surface area contributed by atoms with Gasteiger partial charge in [-0.05, 0) is 44.4 Å². The predicted octanol–water partition coefficient (Wildman–Crippen LogP) is 1.35. The molecule has 1 saturated heterocycles. The molecule has 0 amide bonds. The van der Waals surface area contributed by atoms with Crippen molar-refractivity contribution in [3.05, 3.63) is 29.8 Å². The molecule has 19 heavy (non-hydrogen) atoms. The maximum Gasteiger partial charge on any atom is 0.141 e. The summed E-state index contributed by atoms with van der Waals surface area (Å²) in [6.07, 6.45) is 1.77. The van der Waals surface area contributed by atoms with Crippen LogP contribution in [0.4, 0.5) is 4.39 Å². The summed E-state index contributed by atoms with van der Waals surface area (Å²) in [5.74, 6) is -0.0589. The highest BCUT2D eigenvalue weighted by atomic mass is 19.1. The Morgan fingerprint density at radius 1 is 1.47 bits per heavy atom. The van der Waals surface area contributed by atoms with Crippen molar-refractivity contribution in [1.82, 2.24) is 9.88 Å². The molecule has 2 heterocycles. The van der Waals surface area contributed by atoms with Gasteiger partial charge in [-0.15, -0.1) is 0 Å². The summed E-state index contributed by atoms with van der Waals surface area (Å²) >= 11 is 0. The van der Waals surface area contributed by atoms with E-state index in [0.29, 0.717) is 18.0 Å². The lowest BCUT2D eigenvalue weighted by Crippen LogP contribution is -2.26. The second-order valence-corrected chi connectivity index (χ2v) is 5.30. The summed E-state index contributed by atoms with van der Waals surface area (Å²) in [5.41, 5.74) is 0.507. The molecule has 2 rings (SSSR count). The van der Waals surface area contributed by atoms with Gasteiger partial charge in [-0.1, -0.05) is 0 Å². The van der Waals surface area contributed by atoms with Gasteiger partial charge in [0.15, 0.2) is 0 Å². The number of hydrogen-bond acceptors (Lipinski definition) is 4. The standard InChI is InChI=1S/C14H21FN2O2/c1-10(18)11-4-6-17(9-11)7-5-14(19)13-3-2-12(15)8-16-13/h2-3,8,10-11,14,18-19H,4-7,9H2,1H3. The summed E-state index contributed by atoms with van der Waals surface area (Å²) in [4.78, 5) is 6.12. The van der Waals surface area contributed by atoms with Crippen LogP contribution >= 0.6 is 0 Å². The molecule has 1 aliphatic rings. The third kappa shape index (κ3) is 3.96. The molecule has 1 aliphatic heterocycles. The molecule has 3 unspecified atom stereocenters. The number of nitrogens with zero attached hydrogens (tertiary/aromatic N) is 2. The molecular weight excluding hydrogens is 247 g/mol. The number of likely N-dealkylation sites (tertiary alicyclic amines) is 1. The Balaban J connectivity index is 1.78. The topological polar surface area (TPSA) is 56.6 Å². The predicted molar refractivity (Wildman–Crippen MR) is 70.0 cm³/mol. The van der Waals surface area contributed by atoms with Crippen LogP contribution < -0.4 is 0 Å². The minimum atomic E-state index is -0.661. The van der Waals surface area contributed by atoms with Gasteiger partial charge in [0, 0.05) is 13.1 Å². The van der Waals surface area contributed by atoms with Crippen molar-refractivity contribution in [2.24, 2.45) is 5.92 Å². The quantitative estimate of drug-likeness (QED) is 0.846. The van der Waals surface area contributed by atoms with Crippen LogP contribution in [-0.4, -0.2) is 45.8 Å². The molecule has 5 heteroatoms. The molecule has 2 N–H and O–H groups in total.